The first-order valence-electron chi connectivity index (χ1n) is 9.51. The van der Waals surface area contributed by atoms with Crippen molar-refractivity contribution in [2.75, 3.05) is 6.61 Å². The van der Waals surface area contributed by atoms with E-state index in [4.69, 9.17) is 9.15 Å². The van der Waals surface area contributed by atoms with E-state index in [0.717, 1.165) is 31.6 Å². The third-order valence-corrected chi connectivity index (χ3v) is 5.34. The SMILES string of the molecule is CC(C)[C@H]1C[C@](CC(=O)NCc2ccco2)(Cc2ccccc2)CCO1. The summed E-state index contributed by atoms with van der Waals surface area (Å²) in [5, 5.41) is 3.01. The lowest BCUT2D eigenvalue weighted by Crippen LogP contribution is -2.42. The molecule has 1 aliphatic rings. The average molecular weight is 355 g/mol. The third-order valence-electron chi connectivity index (χ3n) is 5.34. The first-order chi connectivity index (χ1) is 12.6. The number of benzene rings is 1. The van der Waals surface area contributed by atoms with Crippen LogP contribution in [0.1, 0.15) is 44.4 Å². The van der Waals surface area contributed by atoms with Crippen LogP contribution in [0.15, 0.2) is 53.1 Å². The van der Waals surface area contributed by atoms with Crippen LogP contribution in [0.3, 0.4) is 0 Å². The van der Waals surface area contributed by atoms with Crippen LogP contribution in [0.5, 0.6) is 0 Å². The predicted octanol–water partition coefficient (Wildman–Crippen LogP) is 4.35. The van der Waals surface area contributed by atoms with E-state index < -0.39 is 0 Å². The lowest BCUT2D eigenvalue weighted by molar-refractivity contribution is -0.128. The molecule has 1 saturated heterocycles. The van der Waals surface area contributed by atoms with E-state index in [1.54, 1.807) is 6.26 Å². The van der Waals surface area contributed by atoms with Crippen molar-refractivity contribution in [2.45, 2.75) is 52.2 Å². The van der Waals surface area contributed by atoms with Crippen molar-refractivity contribution in [1.82, 2.24) is 5.32 Å². The summed E-state index contributed by atoms with van der Waals surface area (Å²) in [6, 6.07) is 14.2. The molecule has 140 valence electrons. The molecule has 2 heterocycles. The number of nitrogens with one attached hydrogen (secondary N) is 1. The highest BCUT2D eigenvalue weighted by Gasteiger charge is 2.39. The Morgan fingerprint density at radius 3 is 2.73 bits per heavy atom. The summed E-state index contributed by atoms with van der Waals surface area (Å²) in [6.07, 6.45) is 5.12. The standard InChI is InChI=1S/C22H29NO3/c1-17(2)20-14-22(10-12-26-20,13-18-7-4-3-5-8-18)15-21(24)23-16-19-9-6-11-25-19/h3-9,11,17,20H,10,12-16H2,1-2H3,(H,23,24)/t20-,22-/m1/s1. The summed E-state index contributed by atoms with van der Waals surface area (Å²) in [4.78, 5) is 12.7. The summed E-state index contributed by atoms with van der Waals surface area (Å²) in [5.41, 5.74) is 1.23. The molecule has 0 bridgehead atoms. The minimum absolute atomic E-state index is 0.0538. The van der Waals surface area contributed by atoms with Crippen LogP contribution in [0.2, 0.25) is 0 Å². The second kappa shape index (κ2) is 8.54. The van der Waals surface area contributed by atoms with Crippen LogP contribution < -0.4 is 5.32 Å². The van der Waals surface area contributed by atoms with Crippen LogP contribution in [-0.2, 0) is 22.5 Å². The lowest BCUT2D eigenvalue weighted by Gasteiger charge is -2.42. The van der Waals surface area contributed by atoms with Gasteiger partial charge in [-0.05, 0) is 48.3 Å². The molecule has 2 atom stereocenters. The van der Waals surface area contributed by atoms with E-state index in [2.05, 4.69) is 43.4 Å². The molecule has 0 saturated carbocycles. The van der Waals surface area contributed by atoms with Crippen molar-refractivity contribution >= 4 is 5.91 Å². The van der Waals surface area contributed by atoms with Gasteiger partial charge in [-0.1, -0.05) is 44.2 Å². The zero-order valence-electron chi connectivity index (χ0n) is 15.7. The van der Waals surface area contributed by atoms with Gasteiger partial charge in [-0.3, -0.25) is 4.79 Å². The smallest absolute Gasteiger partial charge is 0.220 e. The number of furan rings is 1. The number of carbonyl (C=O) groups excluding carboxylic acids is 1. The van der Waals surface area contributed by atoms with E-state index in [9.17, 15) is 4.79 Å². The Morgan fingerprint density at radius 2 is 2.04 bits per heavy atom. The van der Waals surface area contributed by atoms with Gasteiger partial charge in [-0.2, -0.15) is 0 Å². The van der Waals surface area contributed by atoms with E-state index in [-0.39, 0.29) is 17.4 Å². The summed E-state index contributed by atoms with van der Waals surface area (Å²) in [7, 11) is 0. The van der Waals surface area contributed by atoms with Gasteiger partial charge >= 0.3 is 0 Å². The molecule has 0 spiro atoms. The molecule has 2 aromatic rings. The molecule has 1 amide bonds. The van der Waals surface area contributed by atoms with E-state index in [1.807, 2.05) is 18.2 Å². The summed E-state index contributed by atoms with van der Waals surface area (Å²) >= 11 is 0. The molecule has 26 heavy (non-hydrogen) atoms. The maximum atomic E-state index is 12.7. The Hall–Kier alpha value is -2.07. The van der Waals surface area contributed by atoms with Gasteiger partial charge in [0.15, 0.2) is 0 Å². The minimum atomic E-state index is -0.0538. The minimum Gasteiger partial charge on any atom is -0.467 e. The summed E-state index contributed by atoms with van der Waals surface area (Å²) in [5.74, 6) is 1.32. The fourth-order valence-electron chi connectivity index (χ4n) is 3.86. The number of amides is 1. The van der Waals surface area contributed by atoms with Gasteiger partial charge in [0.25, 0.3) is 0 Å². The summed E-state index contributed by atoms with van der Waals surface area (Å²) in [6.45, 7) is 5.55. The maximum absolute atomic E-state index is 12.7. The van der Waals surface area contributed by atoms with Gasteiger partial charge < -0.3 is 14.5 Å². The Bertz CT molecular complexity index is 681. The Kier molecular flexibility index (Phi) is 6.15. The quantitative estimate of drug-likeness (QED) is 0.803. The zero-order chi connectivity index (χ0) is 18.4. The van der Waals surface area contributed by atoms with Crippen LogP contribution >= 0.6 is 0 Å². The molecule has 4 heteroatoms. The largest absolute Gasteiger partial charge is 0.467 e. The van der Waals surface area contributed by atoms with Crippen LogP contribution in [-0.4, -0.2) is 18.6 Å². The molecule has 4 nitrogen and oxygen atoms in total. The monoisotopic (exact) mass is 355 g/mol. The van der Waals surface area contributed by atoms with Gasteiger partial charge in [-0.25, -0.2) is 0 Å². The normalized spacial score (nSPS) is 23.1. The van der Waals surface area contributed by atoms with Crippen molar-refractivity contribution < 1.29 is 13.9 Å². The zero-order valence-corrected chi connectivity index (χ0v) is 15.7. The fourth-order valence-corrected chi connectivity index (χ4v) is 3.86. The fraction of sp³-hybridized carbons (Fsp3) is 0.500. The second-order valence-corrected chi connectivity index (χ2v) is 7.80. The third kappa shape index (κ3) is 4.98. The first kappa shape index (κ1) is 18.7. The molecule has 1 aromatic carbocycles. The van der Waals surface area contributed by atoms with Gasteiger partial charge in [-0.15, -0.1) is 0 Å². The van der Waals surface area contributed by atoms with Crippen molar-refractivity contribution in [3.8, 4) is 0 Å². The van der Waals surface area contributed by atoms with Gasteiger partial charge in [0.1, 0.15) is 5.76 Å². The topological polar surface area (TPSA) is 51.5 Å². The van der Waals surface area contributed by atoms with Crippen LogP contribution in [0.25, 0.3) is 0 Å². The van der Waals surface area contributed by atoms with E-state index >= 15 is 0 Å². The molecular weight excluding hydrogens is 326 g/mol. The Labute approximate surface area is 155 Å². The average Bonchev–Trinajstić information content (AvgIpc) is 3.14. The highest BCUT2D eigenvalue weighted by atomic mass is 16.5. The number of hydrogen-bond donors (Lipinski definition) is 1. The molecule has 3 rings (SSSR count). The van der Waals surface area contributed by atoms with Crippen molar-refractivity contribution in [1.29, 1.82) is 0 Å². The molecule has 1 aliphatic heterocycles. The molecule has 0 aliphatic carbocycles. The van der Waals surface area contributed by atoms with Crippen molar-refractivity contribution in [2.24, 2.45) is 11.3 Å². The van der Waals surface area contributed by atoms with Crippen LogP contribution in [0, 0.1) is 11.3 Å². The molecule has 1 N–H and O–H groups in total. The second-order valence-electron chi connectivity index (χ2n) is 7.80. The molecule has 1 aromatic heterocycles. The van der Waals surface area contributed by atoms with Crippen LogP contribution in [0.4, 0.5) is 0 Å². The lowest BCUT2D eigenvalue weighted by atomic mass is 9.69. The Balaban J connectivity index is 1.70. The predicted molar refractivity (Wildman–Crippen MR) is 102 cm³/mol. The molecule has 0 unspecified atom stereocenters. The highest BCUT2D eigenvalue weighted by Crippen LogP contribution is 2.41. The van der Waals surface area contributed by atoms with Crippen molar-refractivity contribution in [3.05, 3.63) is 60.1 Å². The van der Waals surface area contributed by atoms with Gasteiger partial charge in [0, 0.05) is 13.0 Å². The number of ether oxygens (including phenoxy) is 1. The molecule has 1 fully saturated rings. The molecule has 0 radical (unpaired) electrons. The van der Waals surface area contributed by atoms with Crippen molar-refractivity contribution in [3.63, 3.8) is 0 Å². The number of carbonyl (C=O) groups is 1. The number of hydrogen-bond acceptors (Lipinski definition) is 3. The summed E-state index contributed by atoms with van der Waals surface area (Å²) < 4.78 is 11.3. The van der Waals surface area contributed by atoms with Gasteiger partial charge in [0.2, 0.25) is 5.91 Å². The van der Waals surface area contributed by atoms with E-state index in [1.165, 1.54) is 5.56 Å². The first-order valence-corrected chi connectivity index (χ1v) is 9.51. The maximum Gasteiger partial charge on any atom is 0.220 e. The molecular formula is C22H29NO3. The highest BCUT2D eigenvalue weighted by molar-refractivity contribution is 5.76. The number of rotatable bonds is 7. The van der Waals surface area contributed by atoms with Gasteiger partial charge in [0.05, 0.1) is 18.9 Å². The van der Waals surface area contributed by atoms with E-state index in [0.29, 0.717) is 18.9 Å². The Morgan fingerprint density at radius 1 is 1.23 bits per heavy atom.